The van der Waals surface area contributed by atoms with Crippen molar-refractivity contribution < 1.29 is 18.9 Å². The van der Waals surface area contributed by atoms with Gasteiger partial charge in [0.25, 0.3) is 0 Å². The van der Waals surface area contributed by atoms with Crippen molar-refractivity contribution in [2.45, 2.75) is 12.2 Å². The van der Waals surface area contributed by atoms with Crippen molar-refractivity contribution in [3.05, 3.63) is 50.9 Å². The highest BCUT2D eigenvalue weighted by Gasteiger charge is 2.29. The first-order chi connectivity index (χ1) is 12.6. The molecule has 5 rings (SSSR count). The number of hydrogen-bond donors (Lipinski definition) is 0. The van der Waals surface area contributed by atoms with Crippen LogP contribution in [0, 0.1) is 20.9 Å². The molecule has 4 nitrogen and oxygen atoms in total. The minimum Gasteiger partial charge on any atom is -0.486 e. The molecule has 2 fully saturated rings. The van der Waals surface area contributed by atoms with E-state index >= 15 is 0 Å². The van der Waals surface area contributed by atoms with E-state index in [2.05, 4.69) is 69.8 Å². The summed E-state index contributed by atoms with van der Waals surface area (Å²) in [6, 6.07) is 4.13. The van der Waals surface area contributed by atoms with Crippen LogP contribution in [0.15, 0.2) is 30.0 Å². The van der Waals surface area contributed by atoms with Crippen LogP contribution in [0.1, 0.15) is 0 Å². The third-order valence-corrected chi connectivity index (χ3v) is 8.64. The Morgan fingerprint density at radius 3 is 2.00 bits per heavy atom. The van der Waals surface area contributed by atoms with Gasteiger partial charge in [-0.1, -0.05) is 6.07 Å². The van der Waals surface area contributed by atoms with E-state index in [1.54, 1.807) is 0 Å². The van der Waals surface area contributed by atoms with Gasteiger partial charge in [0.05, 0.1) is 17.7 Å². The Morgan fingerprint density at radius 1 is 0.769 bits per heavy atom. The monoisotopic (exact) mass is 608 g/mol. The molecule has 2 atom stereocenters. The van der Waals surface area contributed by atoms with Gasteiger partial charge in [0.1, 0.15) is 25.4 Å². The first-order valence-electron chi connectivity index (χ1n) is 8.08. The van der Waals surface area contributed by atoms with Crippen LogP contribution in [0.5, 0.6) is 11.5 Å². The fraction of sp³-hybridized carbons (Fsp3) is 0.333. The van der Waals surface area contributed by atoms with Crippen molar-refractivity contribution in [1.82, 2.24) is 0 Å². The summed E-state index contributed by atoms with van der Waals surface area (Å²) in [5.74, 6) is 1.46. The molecule has 0 N–H and O–H groups in total. The molecule has 0 saturated carbocycles. The third kappa shape index (κ3) is 2.97. The molecule has 2 aliphatic heterocycles. The number of rotatable bonds is 6. The van der Waals surface area contributed by atoms with E-state index in [-0.39, 0.29) is 12.2 Å². The van der Waals surface area contributed by atoms with Gasteiger partial charge in [0.15, 0.2) is 11.5 Å². The Balaban J connectivity index is 1.74. The molecule has 0 radical (unpaired) electrons. The number of fused-ring (bicyclic) bond motifs is 2. The fourth-order valence-corrected chi connectivity index (χ4v) is 4.97. The van der Waals surface area contributed by atoms with Crippen molar-refractivity contribution in [2.75, 3.05) is 26.4 Å². The number of hydrogen-bond acceptors (Lipinski definition) is 4. The van der Waals surface area contributed by atoms with E-state index in [1.165, 1.54) is 0 Å². The average molecular weight is 612 g/mol. The van der Waals surface area contributed by atoms with E-state index in [0.717, 1.165) is 57.7 Å². The Morgan fingerprint density at radius 2 is 1.38 bits per heavy atom. The number of benzene rings is 2. The van der Waals surface area contributed by atoms with Crippen molar-refractivity contribution in [2.24, 2.45) is 0 Å². The lowest BCUT2D eigenvalue weighted by Gasteiger charge is -2.20. The molecule has 0 bridgehead atoms. The predicted molar refractivity (Wildman–Crippen MR) is 109 cm³/mol. The summed E-state index contributed by atoms with van der Waals surface area (Å²) in [6.07, 6.45) is 0.340. The second-order valence-corrected chi connectivity index (χ2v) is 9.59. The van der Waals surface area contributed by atoms with E-state index in [9.17, 15) is 0 Å². The summed E-state index contributed by atoms with van der Waals surface area (Å²) in [4.78, 5) is 0. The lowest BCUT2D eigenvalue weighted by Crippen LogP contribution is -2.12. The maximum Gasteiger partial charge on any atom is 0.177 e. The molecule has 2 unspecified atom stereocenters. The Bertz CT molecular complexity index is 1110. The minimum absolute atomic E-state index is 0.170. The van der Waals surface area contributed by atoms with Crippen LogP contribution in [-0.4, -0.2) is 38.6 Å². The highest BCUT2D eigenvalue weighted by molar-refractivity contribution is 9.13. The molecular formula is C18H12Br4O4. The maximum atomic E-state index is 6.17. The molecule has 0 amide bonds. The standard InChI is InChI=1S/C18H12Br4O4/c19-10-2-1-9-11(14(10)20)13-12(9)17(25-5-7-3-23-7)18(16(22)15(13)21)26-6-8-4-24-8/h1-2,7-8H,3-6H2. The lowest BCUT2D eigenvalue weighted by molar-refractivity contribution is 0.225. The van der Waals surface area contributed by atoms with Gasteiger partial charge in [-0.3, -0.25) is 0 Å². The molecule has 136 valence electrons. The quantitative estimate of drug-likeness (QED) is 0.361. The van der Waals surface area contributed by atoms with Crippen molar-refractivity contribution >= 4 is 63.7 Å². The molecule has 3 aliphatic rings. The van der Waals surface area contributed by atoms with Crippen LogP contribution in [0.2, 0.25) is 0 Å². The van der Waals surface area contributed by atoms with Crippen LogP contribution in [0.25, 0.3) is 0 Å². The zero-order chi connectivity index (χ0) is 18.0. The number of ether oxygens (including phenoxy) is 4. The van der Waals surface area contributed by atoms with Gasteiger partial charge in [-0.15, -0.1) is 0 Å². The summed E-state index contributed by atoms with van der Waals surface area (Å²) in [7, 11) is 0. The summed E-state index contributed by atoms with van der Waals surface area (Å²) >= 11 is 14.7. The van der Waals surface area contributed by atoms with Gasteiger partial charge in [0, 0.05) is 29.1 Å². The summed E-state index contributed by atoms with van der Waals surface area (Å²) < 4.78 is 26.7. The van der Waals surface area contributed by atoms with Crippen LogP contribution < -0.4 is 9.47 Å². The first kappa shape index (κ1) is 17.9. The predicted octanol–water partition coefficient (Wildman–Crippen LogP) is 5.18. The largest absolute Gasteiger partial charge is 0.486 e. The van der Waals surface area contributed by atoms with Crippen LogP contribution in [0.3, 0.4) is 0 Å². The molecular weight excluding hydrogens is 600 g/mol. The molecule has 8 heteroatoms. The lowest BCUT2D eigenvalue weighted by atomic mass is 10.00. The highest BCUT2D eigenvalue weighted by Crippen LogP contribution is 2.46. The maximum absolute atomic E-state index is 6.17. The fourth-order valence-electron chi connectivity index (χ4n) is 3.03. The Hall–Kier alpha value is -0.120. The molecule has 2 saturated heterocycles. The summed E-state index contributed by atoms with van der Waals surface area (Å²) in [5, 5.41) is 4.48. The van der Waals surface area contributed by atoms with Crippen molar-refractivity contribution in [1.29, 1.82) is 0 Å². The van der Waals surface area contributed by atoms with Crippen molar-refractivity contribution in [3.8, 4) is 11.5 Å². The Labute approximate surface area is 182 Å². The van der Waals surface area contributed by atoms with Gasteiger partial charge in [-0.05, 0) is 75.0 Å². The molecule has 0 aromatic heterocycles. The molecule has 26 heavy (non-hydrogen) atoms. The topological polar surface area (TPSA) is 43.5 Å². The van der Waals surface area contributed by atoms with Gasteiger partial charge in [-0.25, -0.2) is 0 Å². The van der Waals surface area contributed by atoms with E-state index < -0.39 is 0 Å². The Kier molecular flexibility index (Phi) is 4.65. The number of epoxide rings is 2. The molecule has 2 aromatic rings. The van der Waals surface area contributed by atoms with Gasteiger partial charge >= 0.3 is 0 Å². The van der Waals surface area contributed by atoms with E-state index in [4.69, 9.17) is 18.9 Å². The minimum atomic E-state index is 0.170. The van der Waals surface area contributed by atoms with Gasteiger partial charge in [-0.2, -0.15) is 0 Å². The number of halogens is 4. The van der Waals surface area contributed by atoms with Gasteiger partial charge < -0.3 is 18.9 Å². The smallest absolute Gasteiger partial charge is 0.177 e. The van der Waals surface area contributed by atoms with E-state index in [1.807, 2.05) is 6.07 Å². The molecule has 2 heterocycles. The van der Waals surface area contributed by atoms with E-state index in [0.29, 0.717) is 19.0 Å². The second-order valence-electron chi connectivity index (χ2n) is 6.35. The third-order valence-electron chi connectivity index (χ3n) is 4.54. The summed E-state index contributed by atoms with van der Waals surface area (Å²) in [6.45, 7) is 2.53. The molecule has 0 spiro atoms. The van der Waals surface area contributed by atoms with Crippen LogP contribution in [0.4, 0.5) is 0 Å². The molecule has 2 aromatic carbocycles. The first-order valence-corrected chi connectivity index (χ1v) is 11.3. The van der Waals surface area contributed by atoms with Gasteiger partial charge in [0.2, 0.25) is 0 Å². The normalized spacial score (nSPS) is 21.5. The second kappa shape index (κ2) is 6.74. The zero-order valence-electron chi connectivity index (χ0n) is 13.3. The zero-order valence-corrected chi connectivity index (χ0v) is 19.6. The SMILES string of the molecule is Brc1ccc2c(c1Br)=c1c(Br)c(Br)c(OCC3CO3)c(OCC3CO3)c1=2. The summed E-state index contributed by atoms with van der Waals surface area (Å²) in [5.41, 5.74) is 0. The van der Waals surface area contributed by atoms with Crippen LogP contribution >= 0.6 is 63.7 Å². The van der Waals surface area contributed by atoms with Crippen LogP contribution in [-0.2, 0) is 9.47 Å². The average Bonchev–Trinajstić information content (AvgIpc) is 3.50. The van der Waals surface area contributed by atoms with Crippen molar-refractivity contribution in [3.63, 3.8) is 0 Å². The highest BCUT2D eigenvalue weighted by atomic mass is 79.9. The molecule has 1 aliphatic carbocycles.